The Hall–Kier alpha value is -2.36. The molecule has 4 nitrogen and oxygen atoms in total. The second-order valence-corrected chi connectivity index (χ2v) is 5.83. The van der Waals surface area contributed by atoms with Crippen LogP contribution in [0.1, 0.15) is 47.5 Å². The lowest BCUT2D eigenvalue weighted by Crippen LogP contribution is -2.26. The highest BCUT2D eigenvalue weighted by Crippen LogP contribution is 2.34. The number of carboxylic acid groups (broad SMARTS) is 1. The first-order valence-electron chi connectivity index (χ1n) is 7.73. The summed E-state index contributed by atoms with van der Waals surface area (Å²) >= 11 is 0. The molecule has 1 aliphatic rings. The maximum absolute atomic E-state index is 11.2. The summed E-state index contributed by atoms with van der Waals surface area (Å²) in [5.41, 5.74) is 2.33. The number of rotatable bonds is 4. The minimum absolute atomic E-state index is 0.292. The molecule has 0 aliphatic heterocycles. The number of hydrogen-bond donors (Lipinski definition) is 2. The highest BCUT2D eigenvalue weighted by atomic mass is 16.4. The first-order chi connectivity index (χ1) is 10.7. The number of nitrogens with one attached hydrogen (secondary N) is 1. The van der Waals surface area contributed by atoms with Gasteiger partial charge >= 0.3 is 5.97 Å². The van der Waals surface area contributed by atoms with Crippen LogP contribution in [0.15, 0.2) is 48.8 Å². The molecule has 1 aromatic heterocycles. The van der Waals surface area contributed by atoms with Crippen molar-refractivity contribution in [1.29, 1.82) is 0 Å². The number of pyridine rings is 1. The predicted octanol–water partition coefficient (Wildman–Crippen LogP) is 3.92. The van der Waals surface area contributed by atoms with Crippen LogP contribution in [0.4, 0.5) is 5.69 Å². The lowest BCUT2D eigenvalue weighted by atomic mass is 9.81. The Labute approximate surface area is 130 Å². The Morgan fingerprint density at radius 3 is 2.50 bits per heavy atom. The number of hydrogen-bond acceptors (Lipinski definition) is 3. The summed E-state index contributed by atoms with van der Waals surface area (Å²) in [4.78, 5) is 15.3. The molecule has 1 fully saturated rings. The third kappa shape index (κ3) is 3.27. The molecule has 3 rings (SSSR count). The van der Waals surface area contributed by atoms with Gasteiger partial charge in [0.25, 0.3) is 0 Å². The second kappa shape index (κ2) is 6.60. The molecule has 1 heterocycles. The molecular formula is C18H20N2O2. The van der Waals surface area contributed by atoms with Gasteiger partial charge in [-0.05, 0) is 43.2 Å². The number of nitrogens with zero attached hydrogens (tertiary/aromatic N) is 1. The van der Waals surface area contributed by atoms with Crippen LogP contribution in [0.25, 0.3) is 0 Å². The summed E-state index contributed by atoms with van der Waals surface area (Å²) in [6.07, 6.45) is 7.48. The summed E-state index contributed by atoms with van der Waals surface area (Å²) in [5, 5.41) is 12.6. The number of carbonyl (C=O) groups is 1. The maximum Gasteiger partial charge on any atom is 0.337 e. The number of benzene rings is 1. The third-order valence-corrected chi connectivity index (χ3v) is 4.41. The van der Waals surface area contributed by atoms with Crippen LogP contribution in [-0.2, 0) is 0 Å². The zero-order valence-corrected chi connectivity index (χ0v) is 12.4. The van der Waals surface area contributed by atoms with E-state index in [0.717, 1.165) is 25.7 Å². The van der Waals surface area contributed by atoms with Crippen molar-refractivity contribution >= 4 is 11.7 Å². The molecular weight excluding hydrogens is 276 g/mol. The van der Waals surface area contributed by atoms with E-state index in [0.29, 0.717) is 23.2 Å². The van der Waals surface area contributed by atoms with Crippen molar-refractivity contribution in [1.82, 2.24) is 4.98 Å². The van der Waals surface area contributed by atoms with E-state index in [2.05, 4.69) is 34.6 Å². The molecule has 0 atom stereocenters. The van der Waals surface area contributed by atoms with Gasteiger partial charge in [0.15, 0.2) is 0 Å². The summed E-state index contributed by atoms with van der Waals surface area (Å²) in [7, 11) is 0. The zero-order chi connectivity index (χ0) is 15.4. The fourth-order valence-corrected chi connectivity index (χ4v) is 3.21. The molecule has 1 saturated carbocycles. The van der Waals surface area contributed by atoms with Crippen molar-refractivity contribution in [2.75, 3.05) is 5.32 Å². The largest absolute Gasteiger partial charge is 0.478 e. The summed E-state index contributed by atoms with van der Waals surface area (Å²) < 4.78 is 0. The van der Waals surface area contributed by atoms with E-state index in [-0.39, 0.29) is 0 Å². The Morgan fingerprint density at radius 1 is 1.09 bits per heavy atom. The van der Waals surface area contributed by atoms with Gasteiger partial charge in [-0.15, -0.1) is 0 Å². The van der Waals surface area contributed by atoms with Gasteiger partial charge in [0.05, 0.1) is 17.4 Å². The summed E-state index contributed by atoms with van der Waals surface area (Å²) in [6.45, 7) is 0. The normalized spacial score (nSPS) is 21.3. The van der Waals surface area contributed by atoms with E-state index >= 15 is 0 Å². The van der Waals surface area contributed by atoms with Gasteiger partial charge in [0, 0.05) is 12.2 Å². The number of carboxylic acids is 1. The van der Waals surface area contributed by atoms with Crippen molar-refractivity contribution in [3.63, 3.8) is 0 Å². The molecule has 0 amide bonds. The van der Waals surface area contributed by atoms with Gasteiger partial charge < -0.3 is 10.4 Å². The Morgan fingerprint density at radius 2 is 1.82 bits per heavy atom. The topological polar surface area (TPSA) is 62.2 Å². The van der Waals surface area contributed by atoms with Crippen molar-refractivity contribution in [2.24, 2.45) is 0 Å². The molecule has 0 bridgehead atoms. The molecule has 2 N–H and O–H groups in total. The SMILES string of the molecule is O=C(O)c1ccncc1NC1CCC(c2ccccc2)CC1. The number of aromatic carboxylic acids is 1. The first kappa shape index (κ1) is 14.6. The van der Waals surface area contributed by atoms with Gasteiger partial charge in [-0.3, -0.25) is 4.98 Å². The molecule has 114 valence electrons. The minimum Gasteiger partial charge on any atom is -0.478 e. The molecule has 1 aliphatic carbocycles. The van der Waals surface area contributed by atoms with Gasteiger partial charge in [0.2, 0.25) is 0 Å². The highest BCUT2D eigenvalue weighted by molar-refractivity contribution is 5.93. The van der Waals surface area contributed by atoms with Crippen LogP contribution >= 0.6 is 0 Å². The van der Waals surface area contributed by atoms with E-state index in [1.54, 1.807) is 12.3 Å². The smallest absolute Gasteiger partial charge is 0.337 e. The quantitative estimate of drug-likeness (QED) is 0.897. The second-order valence-electron chi connectivity index (χ2n) is 5.83. The van der Waals surface area contributed by atoms with Crippen LogP contribution in [0.5, 0.6) is 0 Å². The fraction of sp³-hybridized carbons (Fsp3) is 0.333. The molecule has 2 aromatic rings. The van der Waals surface area contributed by atoms with Crippen LogP contribution in [-0.4, -0.2) is 22.1 Å². The molecule has 0 saturated heterocycles. The maximum atomic E-state index is 11.2. The van der Waals surface area contributed by atoms with E-state index in [1.807, 2.05) is 6.07 Å². The van der Waals surface area contributed by atoms with Gasteiger partial charge in [-0.1, -0.05) is 30.3 Å². The molecule has 0 spiro atoms. The molecule has 1 aromatic carbocycles. The number of anilines is 1. The zero-order valence-electron chi connectivity index (χ0n) is 12.4. The van der Waals surface area contributed by atoms with E-state index in [9.17, 15) is 9.90 Å². The fourth-order valence-electron chi connectivity index (χ4n) is 3.21. The van der Waals surface area contributed by atoms with Crippen LogP contribution in [0.2, 0.25) is 0 Å². The minimum atomic E-state index is -0.914. The van der Waals surface area contributed by atoms with Crippen LogP contribution in [0.3, 0.4) is 0 Å². The average Bonchev–Trinajstić information content (AvgIpc) is 2.57. The van der Waals surface area contributed by atoms with Gasteiger partial charge in [-0.25, -0.2) is 4.79 Å². The Bertz CT molecular complexity index is 635. The molecule has 22 heavy (non-hydrogen) atoms. The van der Waals surface area contributed by atoms with E-state index < -0.39 is 5.97 Å². The van der Waals surface area contributed by atoms with Gasteiger partial charge in [0.1, 0.15) is 0 Å². The van der Waals surface area contributed by atoms with Crippen molar-refractivity contribution < 1.29 is 9.90 Å². The molecule has 0 unspecified atom stereocenters. The number of aromatic nitrogens is 1. The van der Waals surface area contributed by atoms with E-state index in [1.165, 1.54) is 11.8 Å². The van der Waals surface area contributed by atoms with Crippen LogP contribution < -0.4 is 5.32 Å². The third-order valence-electron chi connectivity index (χ3n) is 4.41. The summed E-state index contributed by atoms with van der Waals surface area (Å²) in [6, 6.07) is 12.5. The first-order valence-corrected chi connectivity index (χ1v) is 7.73. The predicted molar refractivity (Wildman–Crippen MR) is 86.3 cm³/mol. The highest BCUT2D eigenvalue weighted by Gasteiger charge is 2.23. The average molecular weight is 296 g/mol. The van der Waals surface area contributed by atoms with Gasteiger partial charge in [-0.2, -0.15) is 0 Å². The Kier molecular flexibility index (Phi) is 4.37. The Balaban J connectivity index is 1.62. The molecule has 4 heteroatoms. The lowest BCUT2D eigenvalue weighted by molar-refractivity contribution is 0.0697. The van der Waals surface area contributed by atoms with Crippen molar-refractivity contribution in [3.05, 3.63) is 59.9 Å². The van der Waals surface area contributed by atoms with E-state index in [4.69, 9.17) is 0 Å². The van der Waals surface area contributed by atoms with Crippen molar-refractivity contribution in [3.8, 4) is 0 Å². The standard InChI is InChI=1S/C18H20N2O2/c21-18(22)16-10-11-19-12-17(16)20-15-8-6-14(7-9-15)13-4-2-1-3-5-13/h1-5,10-12,14-15,20H,6-9H2,(H,21,22). The molecule has 0 radical (unpaired) electrons. The lowest BCUT2D eigenvalue weighted by Gasteiger charge is -2.30. The summed E-state index contributed by atoms with van der Waals surface area (Å²) in [5.74, 6) is -0.296. The van der Waals surface area contributed by atoms with Crippen molar-refractivity contribution in [2.45, 2.75) is 37.6 Å². The van der Waals surface area contributed by atoms with Crippen LogP contribution in [0, 0.1) is 0 Å². The monoisotopic (exact) mass is 296 g/mol.